The lowest BCUT2D eigenvalue weighted by Gasteiger charge is -2.22. The van der Waals surface area contributed by atoms with Crippen LogP contribution < -0.4 is 10.1 Å². The topological polar surface area (TPSA) is 80.6 Å². The summed E-state index contributed by atoms with van der Waals surface area (Å²) in [6, 6.07) is 15.9. The Kier molecular flexibility index (Phi) is 5.95. The Morgan fingerprint density at radius 2 is 1.71 bits per heavy atom. The van der Waals surface area contributed by atoms with Gasteiger partial charge >= 0.3 is 12.6 Å². The van der Waals surface area contributed by atoms with Gasteiger partial charge in [-0.2, -0.15) is 8.78 Å². The number of urea groups is 1. The third-order valence-corrected chi connectivity index (χ3v) is 5.98. The van der Waals surface area contributed by atoms with Gasteiger partial charge in [-0.15, -0.1) is 0 Å². The Labute approximate surface area is 194 Å². The molecule has 0 saturated carbocycles. The summed E-state index contributed by atoms with van der Waals surface area (Å²) in [4.78, 5) is 39.8. The zero-order valence-electron chi connectivity index (χ0n) is 18.8. The molecule has 1 atom stereocenters. The van der Waals surface area contributed by atoms with Crippen molar-refractivity contribution in [2.45, 2.75) is 32.9 Å². The van der Waals surface area contributed by atoms with Crippen LogP contribution in [0.1, 0.15) is 34.2 Å². The molecule has 1 unspecified atom stereocenters. The van der Waals surface area contributed by atoms with E-state index in [0.717, 1.165) is 10.6 Å². The zero-order chi connectivity index (χ0) is 24.6. The number of amides is 3. The van der Waals surface area contributed by atoms with Crippen molar-refractivity contribution in [1.29, 1.82) is 0 Å². The molecular formula is C25H23F2N3O4. The summed E-state index contributed by atoms with van der Waals surface area (Å²) in [6.07, 6.45) is 0. The Hall–Kier alpha value is -4.01. The monoisotopic (exact) mass is 467 g/mol. The summed E-state index contributed by atoms with van der Waals surface area (Å²) in [5.74, 6) is -0.865. The fraction of sp³-hybridized carbons (Fsp3) is 0.240. The molecule has 1 saturated heterocycles. The first kappa shape index (κ1) is 23.2. The molecule has 0 aliphatic carbocycles. The lowest BCUT2D eigenvalue weighted by Crippen LogP contribution is -2.41. The second kappa shape index (κ2) is 8.74. The number of aryl methyl sites for hydroxylation is 1. The third kappa shape index (κ3) is 4.05. The molecule has 2 aromatic carbocycles. The number of imide groups is 1. The van der Waals surface area contributed by atoms with Crippen molar-refractivity contribution in [3.63, 3.8) is 0 Å². The van der Waals surface area contributed by atoms with Gasteiger partial charge in [0, 0.05) is 22.6 Å². The van der Waals surface area contributed by atoms with E-state index in [4.69, 9.17) is 0 Å². The van der Waals surface area contributed by atoms with Crippen LogP contribution in [-0.2, 0) is 10.3 Å². The largest absolute Gasteiger partial charge is 0.435 e. The third-order valence-electron chi connectivity index (χ3n) is 5.98. The zero-order valence-corrected chi connectivity index (χ0v) is 18.8. The first-order valence-electron chi connectivity index (χ1n) is 10.6. The van der Waals surface area contributed by atoms with Crippen LogP contribution in [0.15, 0.2) is 60.7 Å². The number of alkyl halides is 2. The Morgan fingerprint density at radius 3 is 2.32 bits per heavy atom. The van der Waals surface area contributed by atoms with Crippen LogP contribution in [0, 0.1) is 13.8 Å². The predicted molar refractivity (Wildman–Crippen MR) is 120 cm³/mol. The number of hydrogen-bond acceptors (Lipinski definition) is 4. The quantitative estimate of drug-likeness (QED) is 0.414. The molecule has 9 heteroatoms. The predicted octanol–water partition coefficient (Wildman–Crippen LogP) is 4.35. The van der Waals surface area contributed by atoms with Crippen LogP contribution in [0.3, 0.4) is 0 Å². The number of ketones is 1. The highest BCUT2D eigenvalue weighted by Crippen LogP contribution is 2.29. The average Bonchev–Trinajstić information content (AvgIpc) is 3.22. The number of Topliss-reactive ketones (excluding diaryl/α,β-unsaturated/α-hetero) is 1. The van der Waals surface area contributed by atoms with Crippen molar-refractivity contribution in [2.24, 2.45) is 0 Å². The highest BCUT2D eigenvalue weighted by molar-refractivity contribution is 6.11. The fourth-order valence-corrected chi connectivity index (χ4v) is 4.26. The standard InChI is InChI=1S/C25H23F2N3O4/c1-15-13-20(16(2)30(15)18-9-11-19(12-10-18)34-23(26)27)21(31)14-29-22(32)25(3,28-24(29)33)17-7-5-4-6-8-17/h4-13,23H,14H2,1-3H3,(H,28,33). The number of carbonyl (C=O) groups excluding carboxylic acids is 3. The van der Waals surface area contributed by atoms with Gasteiger partial charge in [-0.25, -0.2) is 4.79 Å². The van der Waals surface area contributed by atoms with E-state index < -0.39 is 36.4 Å². The number of halogens is 2. The number of aromatic nitrogens is 1. The molecular weight excluding hydrogens is 444 g/mol. The molecule has 0 spiro atoms. The second-order valence-corrected chi connectivity index (χ2v) is 8.23. The average molecular weight is 467 g/mol. The minimum absolute atomic E-state index is 0.0255. The summed E-state index contributed by atoms with van der Waals surface area (Å²) >= 11 is 0. The number of ether oxygens (including phenoxy) is 1. The number of nitrogens with zero attached hydrogens (tertiary/aromatic N) is 2. The van der Waals surface area contributed by atoms with Crippen molar-refractivity contribution < 1.29 is 27.9 Å². The summed E-state index contributed by atoms with van der Waals surface area (Å²) < 4.78 is 31.0. The summed E-state index contributed by atoms with van der Waals surface area (Å²) in [5.41, 5.74) is 1.72. The highest BCUT2D eigenvalue weighted by atomic mass is 19.3. The molecule has 4 rings (SSSR count). The molecule has 2 heterocycles. The molecule has 7 nitrogen and oxygen atoms in total. The maximum atomic E-state index is 13.1. The van der Waals surface area contributed by atoms with Crippen LogP contribution in [0.5, 0.6) is 5.75 Å². The van der Waals surface area contributed by atoms with E-state index in [0.29, 0.717) is 22.5 Å². The lowest BCUT2D eigenvalue weighted by atomic mass is 9.92. The van der Waals surface area contributed by atoms with E-state index in [1.54, 1.807) is 67.8 Å². The fourth-order valence-electron chi connectivity index (χ4n) is 4.26. The van der Waals surface area contributed by atoms with Gasteiger partial charge in [-0.3, -0.25) is 14.5 Å². The minimum Gasteiger partial charge on any atom is -0.435 e. The lowest BCUT2D eigenvalue weighted by molar-refractivity contribution is -0.130. The van der Waals surface area contributed by atoms with Crippen LogP contribution >= 0.6 is 0 Å². The molecule has 34 heavy (non-hydrogen) atoms. The molecule has 3 amide bonds. The van der Waals surface area contributed by atoms with Gasteiger partial charge in [0.2, 0.25) is 0 Å². The Bertz CT molecular complexity index is 1260. The van der Waals surface area contributed by atoms with E-state index in [2.05, 4.69) is 10.1 Å². The van der Waals surface area contributed by atoms with Gasteiger partial charge in [-0.05, 0) is 56.7 Å². The van der Waals surface area contributed by atoms with E-state index in [1.165, 1.54) is 12.1 Å². The van der Waals surface area contributed by atoms with Gasteiger partial charge in [0.15, 0.2) is 5.78 Å². The normalized spacial score (nSPS) is 17.9. The van der Waals surface area contributed by atoms with E-state index >= 15 is 0 Å². The van der Waals surface area contributed by atoms with Gasteiger partial charge in [0.1, 0.15) is 11.3 Å². The molecule has 1 aliphatic rings. The molecule has 1 N–H and O–H groups in total. The SMILES string of the molecule is Cc1cc(C(=O)CN2C(=O)NC(C)(c3ccccc3)C2=O)c(C)n1-c1ccc(OC(F)F)cc1. The van der Waals surface area contributed by atoms with Gasteiger partial charge in [-0.1, -0.05) is 30.3 Å². The van der Waals surface area contributed by atoms with Gasteiger partial charge < -0.3 is 14.6 Å². The van der Waals surface area contributed by atoms with Crippen LogP contribution in [0.2, 0.25) is 0 Å². The molecule has 1 aromatic heterocycles. The number of benzene rings is 2. The first-order valence-corrected chi connectivity index (χ1v) is 10.6. The number of hydrogen-bond donors (Lipinski definition) is 1. The molecule has 1 fully saturated rings. The summed E-state index contributed by atoms with van der Waals surface area (Å²) in [7, 11) is 0. The maximum Gasteiger partial charge on any atom is 0.387 e. The Balaban J connectivity index is 1.57. The smallest absolute Gasteiger partial charge is 0.387 e. The minimum atomic E-state index is -2.92. The van der Waals surface area contributed by atoms with Crippen molar-refractivity contribution in [1.82, 2.24) is 14.8 Å². The number of rotatable bonds is 7. The van der Waals surface area contributed by atoms with Crippen LogP contribution in [0.4, 0.5) is 13.6 Å². The van der Waals surface area contributed by atoms with Gasteiger partial charge in [0.25, 0.3) is 5.91 Å². The maximum absolute atomic E-state index is 13.1. The molecule has 0 radical (unpaired) electrons. The highest BCUT2D eigenvalue weighted by Gasteiger charge is 2.49. The second-order valence-electron chi connectivity index (χ2n) is 8.23. The molecule has 1 aliphatic heterocycles. The molecule has 3 aromatic rings. The van der Waals surface area contributed by atoms with Gasteiger partial charge in [0.05, 0.1) is 6.54 Å². The van der Waals surface area contributed by atoms with Crippen molar-refractivity contribution in [3.05, 3.63) is 83.2 Å². The number of nitrogens with one attached hydrogen (secondary N) is 1. The van der Waals surface area contributed by atoms with Crippen molar-refractivity contribution in [3.8, 4) is 11.4 Å². The van der Waals surface area contributed by atoms with Crippen LogP contribution in [-0.4, -0.2) is 40.3 Å². The van der Waals surface area contributed by atoms with E-state index in [9.17, 15) is 23.2 Å². The van der Waals surface area contributed by atoms with E-state index in [-0.39, 0.29) is 5.75 Å². The number of carbonyl (C=O) groups is 3. The van der Waals surface area contributed by atoms with Crippen LogP contribution in [0.25, 0.3) is 5.69 Å². The summed E-state index contributed by atoms with van der Waals surface area (Å²) in [5, 5.41) is 2.69. The van der Waals surface area contributed by atoms with Crippen molar-refractivity contribution in [2.75, 3.05) is 6.54 Å². The van der Waals surface area contributed by atoms with Crippen molar-refractivity contribution >= 4 is 17.7 Å². The molecule has 176 valence electrons. The van der Waals surface area contributed by atoms with E-state index in [1.807, 2.05) is 6.07 Å². The first-order chi connectivity index (χ1) is 16.1. The molecule has 0 bridgehead atoms. The summed E-state index contributed by atoms with van der Waals surface area (Å²) in [6.45, 7) is 1.83. The Morgan fingerprint density at radius 1 is 1.06 bits per heavy atom.